The van der Waals surface area contributed by atoms with E-state index in [1.54, 1.807) is 0 Å². The maximum absolute atomic E-state index is 5.17. The van der Waals surface area contributed by atoms with E-state index in [0.29, 0.717) is 15.2 Å². The van der Waals surface area contributed by atoms with Gasteiger partial charge in [0.2, 0.25) is 0 Å². The van der Waals surface area contributed by atoms with Crippen molar-refractivity contribution in [1.29, 1.82) is 0 Å². The standard InChI is InChI=1S/C5H11NOSe/c1-8-6-2-4-7-5-3-6/h2-5H2,1H3. The van der Waals surface area contributed by atoms with Crippen LogP contribution in [0.4, 0.5) is 0 Å². The SMILES string of the molecule is C[Se]N1CCOCC1. The van der Waals surface area contributed by atoms with Gasteiger partial charge >= 0.3 is 56.0 Å². The molecule has 0 aromatic carbocycles. The molecule has 3 heteroatoms. The first-order chi connectivity index (χ1) is 3.93. The van der Waals surface area contributed by atoms with E-state index in [1.807, 2.05) is 0 Å². The van der Waals surface area contributed by atoms with Crippen molar-refractivity contribution in [2.45, 2.75) is 5.82 Å². The molecule has 0 amide bonds. The minimum absolute atomic E-state index is 0.698. The van der Waals surface area contributed by atoms with Crippen molar-refractivity contribution >= 4 is 15.2 Å². The van der Waals surface area contributed by atoms with Gasteiger partial charge < -0.3 is 0 Å². The Bertz CT molecular complexity index is 63.4. The molecule has 48 valence electrons. The molecule has 0 radical (unpaired) electrons. The molecule has 0 aromatic heterocycles. The van der Waals surface area contributed by atoms with E-state index in [-0.39, 0.29) is 0 Å². The maximum atomic E-state index is 5.17. The molecule has 1 rings (SSSR count). The van der Waals surface area contributed by atoms with Crippen molar-refractivity contribution in [3.8, 4) is 0 Å². The zero-order valence-electron chi connectivity index (χ0n) is 5.09. The molecular formula is C5H11NOSe. The van der Waals surface area contributed by atoms with Crippen LogP contribution in [0.2, 0.25) is 5.82 Å². The normalized spacial score (nSPS) is 23.6. The monoisotopic (exact) mass is 181 g/mol. The number of hydrogen-bond acceptors (Lipinski definition) is 2. The van der Waals surface area contributed by atoms with Crippen LogP contribution >= 0.6 is 0 Å². The summed E-state index contributed by atoms with van der Waals surface area (Å²) in [5.74, 6) is 2.25. The molecule has 0 spiro atoms. The van der Waals surface area contributed by atoms with Crippen LogP contribution in [-0.2, 0) is 4.74 Å². The van der Waals surface area contributed by atoms with E-state index in [0.717, 1.165) is 26.3 Å². The summed E-state index contributed by atoms with van der Waals surface area (Å²) in [5, 5.41) is 0. The van der Waals surface area contributed by atoms with E-state index in [2.05, 4.69) is 9.74 Å². The van der Waals surface area contributed by atoms with Crippen molar-refractivity contribution in [3.05, 3.63) is 0 Å². The van der Waals surface area contributed by atoms with Gasteiger partial charge in [-0.3, -0.25) is 0 Å². The first-order valence-corrected chi connectivity index (χ1v) is 5.28. The Morgan fingerprint density at radius 2 is 2.00 bits per heavy atom. The second kappa shape index (κ2) is 3.46. The fourth-order valence-corrected chi connectivity index (χ4v) is 1.81. The molecule has 1 aliphatic rings. The third kappa shape index (κ3) is 1.75. The summed E-state index contributed by atoms with van der Waals surface area (Å²) in [4.78, 5) is 0. The van der Waals surface area contributed by atoms with E-state index in [9.17, 15) is 0 Å². The van der Waals surface area contributed by atoms with Gasteiger partial charge in [0.25, 0.3) is 0 Å². The second-order valence-electron chi connectivity index (χ2n) is 1.72. The van der Waals surface area contributed by atoms with Crippen LogP contribution in [-0.4, -0.2) is 45.4 Å². The zero-order chi connectivity index (χ0) is 5.82. The molecule has 0 unspecified atom stereocenters. The molecule has 0 atom stereocenters. The number of nitrogens with zero attached hydrogens (tertiary/aromatic N) is 1. The van der Waals surface area contributed by atoms with Crippen molar-refractivity contribution in [2.75, 3.05) is 26.3 Å². The Hall–Kier alpha value is 0.439. The molecule has 1 aliphatic heterocycles. The van der Waals surface area contributed by atoms with Crippen LogP contribution in [0.5, 0.6) is 0 Å². The molecule has 1 saturated heterocycles. The summed E-state index contributed by atoms with van der Waals surface area (Å²) in [6.07, 6.45) is 0. The van der Waals surface area contributed by atoms with Gasteiger partial charge in [-0.25, -0.2) is 0 Å². The van der Waals surface area contributed by atoms with E-state index in [1.165, 1.54) is 0 Å². The first-order valence-electron chi connectivity index (χ1n) is 2.80. The van der Waals surface area contributed by atoms with Gasteiger partial charge in [-0.05, 0) is 0 Å². The van der Waals surface area contributed by atoms with Crippen molar-refractivity contribution in [2.24, 2.45) is 0 Å². The summed E-state index contributed by atoms with van der Waals surface area (Å²) in [6, 6.07) is 0. The molecule has 1 fully saturated rings. The van der Waals surface area contributed by atoms with Crippen LogP contribution in [0.1, 0.15) is 0 Å². The van der Waals surface area contributed by atoms with Gasteiger partial charge in [-0.2, -0.15) is 0 Å². The van der Waals surface area contributed by atoms with Crippen LogP contribution in [0, 0.1) is 0 Å². The average molecular weight is 180 g/mol. The van der Waals surface area contributed by atoms with Crippen molar-refractivity contribution in [3.63, 3.8) is 0 Å². The predicted molar refractivity (Wildman–Crippen MR) is 34.0 cm³/mol. The van der Waals surface area contributed by atoms with Crippen LogP contribution < -0.4 is 0 Å². The van der Waals surface area contributed by atoms with Crippen LogP contribution in [0.15, 0.2) is 0 Å². The van der Waals surface area contributed by atoms with Crippen LogP contribution in [0.25, 0.3) is 0 Å². The third-order valence-corrected chi connectivity index (χ3v) is 3.08. The van der Waals surface area contributed by atoms with Gasteiger partial charge in [0.1, 0.15) is 0 Å². The van der Waals surface area contributed by atoms with Gasteiger partial charge in [-0.1, -0.05) is 0 Å². The number of ether oxygens (including phenoxy) is 1. The second-order valence-corrected chi connectivity index (χ2v) is 3.57. The Morgan fingerprint density at radius 3 is 2.38 bits per heavy atom. The molecule has 0 N–H and O–H groups in total. The molecule has 8 heavy (non-hydrogen) atoms. The van der Waals surface area contributed by atoms with E-state index in [4.69, 9.17) is 4.74 Å². The Kier molecular flexibility index (Phi) is 2.84. The van der Waals surface area contributed by atoms with Gasteiger partial charge in [-0.15, -0.1) is 0 Å². The van der Waals surface area contributed by atoms with E-state index < -0.39 is 0 Å². The van der Waals surface area contributed by atoms with Gasteiger partial charge in [0.15, 0.2) is 0 Å². The Labute approximate surface area is 56.6 Å². The fourth-order valence-electron chi connectivity index (χ4n) is 0.729. The number of hydrogen-bond donors (Lipinski definition) is 0. The predicted octanol–water partition coefficient (Wildman–Crippen LogP) is -0.0141. The quantitative estimate of drug-likeness (QED) is 0.526. The Balaban J connectivity index is 2.13. The topological polar surface area (TPSA) is 12.5 Å². The summed E-state index contributed by atoms with van der Waals surface area (Å²) >= 11 is 0.698. The number of rotatable bonds is 1. The molecule has 1 heterocycles. The third-order valence-electron chi connectivity index (χ3n) is 1.23. The summed E-state index contributed by atoms with van der Waals surface area (Å²) in [6.45, 7) is 4.18. The van der Waals surface area contributed by atoms with Crippen molar-refractivity contribution in [1.82, 2.24) is 3.92 Å². The molecule has 0 aliphatic carbocycles. The molecule has 0 saturated carbocycles. The molecule has 2 nitrogen and oxygen atoms in total. The summed E-state index contributed by atoms with van der Waals surface area (Å²) in [5.41, 5.74) is 0. The van der Waals surface area contributed by atoms with Gasteiger partial charge in [0.05, 0.1) is 0 Å². The van der Waals surface area contributed by atoms with Crippen molar-refractivity contribution < 1.29 is 4.74 Å². The van der Waals surface area contributed by atoms with E-state index >= 15 is 0 Å². The van der Waals surface area contributed by atoms with Crippen LogP contribution in [0.3, 0.4) is 0 Å². The summed E-state index contributed by atoms with van der Waals surface area (Å²) < 4.78 is 7.62. The summed E-state index contributed by atoms with van der Waals surface area (Å²) in [7, 11) is 0. The first kappa shape index (κ1) is 6.56. The average Bonchev–Trinajstić information content (AvgIpc) is 1.90. The molecule has 0 bridgehead atoms. The minimum atomic E-state index is 0.698. The molecule has 0 aromatic rings. The zero-order valence-corrected chi connectivity index (χ0v) is 6.81. The van der Waals surface area contributed by atoms with Gasteiger partial charge in [0, 0.05) is 0 Å². The molecular weight excluding hydrogens is 169 g/mol. The number of morpholine rings is 1. The fraction of sp³-hybridized carbons (Fsp3) is 1.00. The Morgan fingerprint density at radius 1 is 1.38 bits per heavy atom.